The molecule has 1 aromatic carbocycles. The lowest BCUT2D eigenvalue weighted by molar-refractivity contribution is 0.0638. The molecule has 2 aromatic heterocycles. The summed E-state index contributed by atoms with van der Waals surface area (Å²) < 4.78 is 10.9. The number of hydrogen-bond donors (Lipinski definition) is 0. The molecular weight excluding hydrogens is 400 g/mol. The molecule has 1 amide bonds. The number of amides is 1. The molecule has 3 aromatic rings. The lowest BCUT2D eigenvalue weighted by Gasteiger charge is -2.32. The lowest BCUT2D eigenvalue weighted by atomic mass is 9.99. The Morgan fingerprint density at radius 2 is 2.17 bits per heavy atom. The Bertz CT molecular complexity index is 913. The normalized spacial score (nSPS) is 16.7. The number of carbonyl (C=O) groups is 1. The van der Waals surface area contributed by atoms with Gasteiger partial charge in [-0.1, -0.05) is 17.3 Å². The molecule has 0 bridgehead atoms. The molecule has 1 aliphatic heterocycles. The van der Waals surface area contributed by atoms with E-state index in [1.807, 2.05) is 23.1 Å². The van der Waals surface area contributed by atoms with Gasteiger partial charge < -0.3 is 14.2 Å². The van der Waals surface area contributed by atoms with Crippen molar-refractivity contribution in [3.05, 3.63) is 64.4 Å². The van der Waals surface area contributed by atoms with Crippen LogP contribution in [0.1, 0.15) is 33.8 Å². The molecule has 0 N–H and O–H groups in total. The van der Waals surface area contributed by atoms with Gasteiger partial charge >= 0.3 is 0 Å². The van der Waals surface area contributed by atoms with Gasteiger partial charge in [0.1, 0.15) is 16.9 Å². The number of thiazole rings is 1. The summed E-state index contributed by atoms with van der Waals surface area (Å²) in [4.78, 5) is 21.4. The van der Waals surface area contributed by atoms with Crippen molar-refractivity contribution in [2.24, 2.45) is 5.92 Å². The van der Waals surface area contributed by atoms with Crippen LogP contribution in [0.15, 0.2) is 52.8 Å². The molecule has 0 aliphatic carbocycles. The van der Waals surface area contributed by atoms with Gasteiger partial charge in [0, 0.05) is 38.2 Å². The summed E-state index contributed by atoms with van der Waals surface area (Å²) in [6.45, 7) is 3.74. The van der Waals surface area contributed by atoms with Crippen molar-refractivity contribution < 1.29 is 14.1 Å². The summed E-state index contributed by atoms with van der Waals surface area (Å²) in [5.74, 6) is 1.30. The minimum Gasteiger partial charge on any atom is -0.493 e. The first-order valence-electron chi connectivity index (χ1n) is 10.1. The third-order valence-corrected chi connectivity index (χ3v) is 6.00. The Balaban J connectivity index is 1.24. The summed E-state index contributed by atoms with van der Waals surface area (Å²) in [7, 11) is 2.06. The lowest BCUT2D eigenvalue weighted by Crippen LogP contribution is -2.41. The number of nitrogens with zero attached hydrogens (tertiary/aromatic N) is 4. The van der Waals surface area contributed by atoms with Crippen LogP contribution in [-0.2, 0) is 13.1 Å². The highest BCUT2D eigenvalue weighted by atomic mass is 32.1. The van der Waals surface area contributed by atoms with E-state index in [0.717, 1.165) is 50.5 Å². The summed E-state index contributed by atoms with van der Waals surface area (Å²) in [6.07, 6.45) is 5.33. The summed E-state index contributed by atoms with van der Waals surface area (Å²) in [6, 6.07) is 10.1. The molecule has 0 spiro atoms. The first-order chi connectivity index (χ1) is 14.7. The van der Waals surface area contributed by atoms with E-state index in [2.05, 4.69) is 34.2 Å². The maximum Gasteiger partial charge on any atom is 0.265 e. The fourth-order valence-corrected chi connectivity index (χ4v) is 4.32. The number of piperidine rings is 1. The van der Waals surface area contributed by atoms with Gasteiger partial charge in [0.2, 0.25) is 0 Å². The average molecular weight is 427 g/mol. The number of hydrogen-bond acceptors (Lipinski definition) is 7. The molecule has 1 saturated heterocycles. The summed E-state index contributed by atoms with van der Waals surface area (Å²) in [5.41, 5.74) is 3.84. The number of aromatic nitrogens is 2. The number of carbonyl (C=O) groups excluding carboxylic acids is 1. The van der Waals surface area contributed by atoms with Crippen LogP contribution in [-0.4, -0.2) is 52.6 Å². The minimum absolute atomic E-state index is 0.0845. The predicted octanol–water partition coefficient (Wildman–Crippen LogP) is 3.69. The highest BCUT2D eigenvalue weighted by molar-refractivity contribution is 7.11. The van der Waals surface area contributed by atoms with Crippen molar-refractivity contribution >= 4 is 17.2 Å². The van der Waals surface area contributed by atoms with Crippen LogP contribution in [0.4, 0.5) is 0 Å². The molecular formula is C22H26N4O3S. The van der Waals surface area contributed by atoms with Crippen molar-refractivity contribution in [1.82, 2.24) is 19.9 Å². The molecule has 158 valence electrons. The van der Waals surface area contributed by atoms with Crippen molar-refractivity contribution in [2.45, 2.75) is 25.9 Å². The SMILES string of the molecule is CN(Cc1ccc(OCC2CCCN(C(=O)c3cncs3)C2)cc1)Cc1ccon1. The molecule has 30 heavy (non-hydrogen) atoms. The standard InChI is InChI=1S/C22H26N4O3S/c1-25(14-19-8-10-29-24-19)12-17-4-6-20(7-5-17)28-15-18-3-2-9-26(13-18)22(27)21-11-23-16-30-21/h4-8,10-11,16,18H,2-3,9,12-15H2,1H3. The summed E-state index contributed by atoms with van der Waals surface area (Å²) >= 11 is 1.40. The van der Waals surface area contributed by atoms with E-state index in [9.17, 15) is 4.79 Å². The molecule has 3 heterocycles. The first-order valence-corrected chi connectivity index (χ1v) is 11.0. The number of benzene rings is 1. The second-order valence-corrected chi connectivity index (χ2v) is 8.63. The zero-order valence-electron chi connectivity index (χ0n) is 17.1. The van der Waals surface area contributed by atoms with Crippen molar-refractivity contribution in [2.75, 3.05) is 26.7 Å². The molecule has 1 atom stereocenters. The van der Waals surface area contributed by atoms with Crippen LogP contribution in [0.5, 0.6) is 5.75 Å². The Labute approximate surface area is 180 Å². The zero-order valence-corrected chi connectivity index (χ0v) is 17.9. The molecule has 1 aliphatic rings. The Kier molecular flexibility index (Phi) is 6.76. The van der Waals surface area contributed by atoms with E-state index in [-0.39, 0.29) is 5.91 Å². The van der Waals surface area contributed by atoms with Crippen molar-refractivity contribution in [3.63, 3.8) is 0 Å². The Morgan fingerprint density at radius 3 is 2.90 bits per heavy atom. The maximum atomic E-state index is 12.5. The quantitative estimate of drug-likeness (QED) is 0.547. The Morgan fingerprint density at radius 1 is 1.30 bits per heavy atom. The zero-order chi connectivity index (χ0) is 20.8. The molecule has 1 unspecified atom stereocenters. The van der Waals surface area contributed by atoms with Crippen LogP contribution in [0, 0.1) is 5.92 Å². The van der Waals surface area contributed by atoms with Gasteiger partial charge in [-0.25, -0.2) is 0 Å². The largest absolute Gasteiger partial charge is 0.493 e. The van der Waals surface area contributed by atoms with E-state index in [4.69, 9.17) is 9.26 Å². The monoisotopic (exact) mass is 426 g/mol. The van der Waals surface area contributed by atoms with E-state index in [0.29, 0.717) is 17.4 Å². The van der Waals surface area contributed by atoms with E-state index in [1.165, 1.54) is 16.9 Å². The third-order valence-electron chi connectivity index (χ3n) is 5.23. The average Bonchev–Trinajstić information content (AvgIpc) is 3.47. The minimum atomic E-state index is 0.0845. The van der Waals surface area contributed by atoms with Gasteiger partial charge in [0.05, 0.1) is 24.0 Å². The molecule has 8 heteroatoms. The third kappa shape index (κ3) is 5.46. The Hall–Kier alpha value is -2.71. The van der Waals surface area contributed by atoms with Crippen molar-refractivity contribution in [1.29, 1.82) is 0 Å². The molecule has 1 fully saturated rings. The number of ether oxygens (including phenoxy) is 1. The number of rotatable bonds is 8. The summed E-state index contributed by atoms with van der Waals surface area (Å²) in [5, 5.41) is 3.95. The highest BCUT2D eigenvalue weighted by Gasteiger charge is 2.25. The van der Waals surface area contributed by atoms with Crippen LogP contribution in [0.25, 0.3) is 0 Å². The predicted molar refractivity (Wildman–Crippen MR) is 114 cm³/mol. The smallest absolute Gasteiger partial charge is 0.265 e. The first kappa shape index (κ1) is 20.6. The van der Waals surface area contributed by atoms with Crippen LogP contribution in [0.2, 0.25) is 0 Å². The van der Waals surface area contributed by atoms with Gasteiger partial charge in [0.25, 0.3) is 5.91 Å². The molecule has 4 rings (SSSR count). The van der Waals surface area contributed by atoms with E-state index in [1.54, 1.807) is 18.0 Å². The van der Waals surface area contributed by atoms with Gasteiger partial charge in [-0.15, -0.1) is 11.3 Å². The van der Waals surface area contributed by atoms with E-state index < -0.39 is 0 Å². The van der Waals surface area contributed by atoms with Gasteiger partial charge in [-0.05, 0) is 37.6 Å². The van der Waals surface area contributed by atoms with Crippen LogP contribution in [0.3, 0.4) is 0 Å². The molecule has 0 saturated carbocycles. The van der Waals surface area contributed by atoms with Crippen molar-refractivity contribution in [3.8, 4) is 5.75 Å². The van der Waals surface area contributed by atoms with Crippen LogP contribution >= 0.6 is 11.3 Å². The molecule has 7 nitrogen and oxygen atoms in total. The van der Waals surface area contributed by atoms with Gasteiger partial charge in [-0.3, -0.25) is 14.7 Å². The molecule has 0 radical (unpaired) electrons. The highest BCUT2D eigenvalue weighted by Crippen LogP contribution is 2.22. The van der Waals surface area contributed by atoms with E-state index >= 15 is 0 Å². The maximum absolute atomic E-state index is 12.5. The fraction of sp³-hybridized carbons (Fsp3) is 0.409. The van der Waals surface area contributed by atoms with Crippen LogP contribution < -0.4 is 4.74 Å². The number of likely N-dealkylation sites (tertiary alicyclic amines) is 1. The van der Waals surface area contributed by atoms with Gasteiger partial charge in [-0.2, -0.15) is 0 Å². The second-order valence-electron chi connectivity index (χ2n) is 7.74. The van der Waals surface area contributed by atoms with Gasteiger partial charge in [0.15, 0.2) is 0 Å². The fourth-order valence-electron chi connectivity index (χ4n) is 3.73. The second kappa shape index (κ2) is 9.86. The topological polar surface area (TPSA) is 71.7 Å².